The van der Waals surface area contributed by atoms with Gasteiger partial charge in [0, 0.05) is 18.8 Å². The minimum Gasteiger partial charge on any atom is -0.312 e. The fraction of sp³-hybridized carbons (Fsp3) is 0.278. The Morgan fingerprint density at radius 3 is 2.56 bits per heavy atom. The van der Waals surface area contributed by atoms with Crippen molar-refractivity contribution < 1.29 is 13.6 Å². The van der Waals surface area contributed by atoms with E-state index in [1.54, 1.807) is 0 Å². The third kappa shape index (κ3) is 3.97. The lowest BCUT2D eigenvalue weighted by Gasteiger charge is -2.18. The minimum absolute atomic E-state index is 0.00302. The predicted molar refractivity (Wildman–Crippen MR) is 93.7 cm³/mol. The fourth-order valence-corrected chi connectivity index (χ4v) is 3.26. The lowest BCUT2D eigenvalue weighted by atomic mass is 10.1. The third-order valence-corrected chi connectivity index (χ3v) is 5.01. The maximum Gasteiger partial charge on any atom is 0.237 e. The van der Waals surface area contributed by atoms with Crippen molar-refractivity contribution >= 4 is 23.4 Å². The van der Waals surface area contributed by atoms with Crippen LogP contribution in [0.25, 0.3) is 0 Å². The largest absolute Gasteiger partial charge is 0.312 e. The van der Waals surface area contributed by atoms with Crippen LogP contribution in [0, 0.1) is 43.7 Å². The second-order valence-corrected chi connectivity index (χ2v) is 6.54. The zero-order valence-electron chi connectivity index (χ0n) is 14.4. The summed E-state index contributed by atoms with van der Waals surface area (Å²) in [5.74, 6) is -1.91. The Bertz CT molecular complexity index is 878. The van der Waals surface area contributed by atoms with Crippen LogP contribution >= 0.6 is 11.8 Å². The Hall–Kier alpha value is -2.46. The number of hydrogen-bond donors (Lipinski definition) is 0. The van der Waals surface area contributed by atoms with Crippen LogP contribution in [0.2, 0.25) is 0 Å². The van der Waals surface area contributed by atoms with Gasteiger partial charge in [-0.2, -0.15) is 5.26 Å². The fourth-order valence-electron chi connectivity index (χ4n) is 2.26. The maximum atomic E-state index is 13.8. The van der Waals surface area contributed by atoms with Crippen LogP contribution in [-0.2, 0) is 4.79 Å². The molecule has 0 radical (unpaired) electrons. The number of anilines is 1. The van der Waals surface area contributed by atoms with E-state index in [0.29, 0.717) is 10.6 Å². The number of amides is 1. The SMILES string of the molecule is Cc1nc(SCC(=O)N(C)c2ccc(F)cc2F)c(C#N)c(C)c1C. The van der Waals surface area contributed by atoms with E-state index in [4.69, 9.17) is 0 Å². The van der Waals surface area contributed by atoms with Gasteiger partial charge in [-0.25, -0.2) is 13.8 Å². The average Bonchev–Trinajstić information content (AvgIpc) is 2.57. The molecule has 25 heavy (non-hydrogen) atoms. The van der Waals surface area contributed by atoms with E-state index in [1.165, 1.54) is 13.1 Å². The smallest absolute Gasteiger partial charge is 0.237 e. The van der Waals surface area contributed by atoms with Gasteiger partial charge in [-0.05, 0) is 44.0 Å². The van der Waals surface area contributed by atoms with Crippen LogP contribution < -0.4 is 4.90 Å². The normalized spacial score (nSPS) is 10.4. The Kier molecular flexibility index (Phi) is 5.75. The quantitative estimate of drug-likeness (QED) is 0.775. The van der Waals surface area contributed by atoms with Gasteiger partial charge in [0.15, 0.2) is 0 Å². The van der Waals surface area contributed by atoms with E-state index in [2.05, 4.69) is 11.1 Å². The molecule has 0 aliphatic carbocycles. The Morgan fingerprint density at radius 1 is 1.28 bits per heavy atom. The van der Waals surface area contributed by atoms with Crippen LogP contribution in [-0.4, -0.2) is 23.7 Å². The van der Waals surface area contributed by atoms with Crippen molar-refractivity contribution in [2.24, 2.45) is 0 Å². The van der Waals surface area contributed by atoms with Gasteiger partial charge < -0.3 is 4.90 Å². The molecule has 1 aromatic heterocycles. The Labute approximate surface area is 149 Å². The molecule has 0 saturated heterocycles. The standard InChI is InChI=1S/C18H17F2N3OS/c1-10-11(2)14(8-21)18(22-12(10)3)25-9-17(24)23(4)16-6-5-13(19)7-15(16)20/h5-7H,9H2,1-4H3. The molecular weight excluding hydrogens is 344 g/mol. The topological polar surface area (TPSA) is 57.0 Å². The molecule has 0 spiro atoms. The van der Waals surface area contributed by atoms with Crippen LogP contribution in [0.4, 0.5) is 14.5 Å². The van der Waals surface area contributed by atoms with Gasteiger partial charge in [0.1, 0.15) is 22.7 Å². The summed E-state index contributed by atoms with van der Waals surface area (Å²) in [5.41, 5.74) is 3.01. The first kappa shape index (κ1) is 18.9. The summed E-state index contributed by atoms with van der Waals surface area (Å²) in [6.45, 7) is 5.58. The molecule has 0 N–H and O–H groups in total. The molecule has 0 saturated carbocycles. The summed E-state index contributed by atoms with van der Waals surface area (Å²) in [5, 5.41) is 9.82. The molecule has 1 amide bonds. The number of aromatic nitrogens is 1. The van der Waals surface area contributed by atoms with Gasteiger partial charge in [-0.1, -0.05) is 11.8 Å². The highest BCUT2D eigenvalue weighted by Gasteiger charge is 2.18. The summed E-state index contributed by atoms with van der Waals surface area (Å²) in [6, 6.07) is 5.16. The Morgan fingerprint density at radius 2 is 1.96 bits per heavy atom. The van der Waals surface area contributed by atoms with Crippen molar-refractivity contribution in [2.45, 2.75) is 25.8 Å². The van der Waals surface area contributed by atoms with Gasteiger partial charge in [0.25, 0.3) is 0 Å². The number of aryl methyl sites for hydroxylation is 1. The molecule has 1 heterocycles. The molecule has 0 atom stereocenters. The van der Waals surface area contributed by atoms with E-state index in [0.717, 1.165) is 45.6 Å². The van der Waals surface area contributed by atoms with Gasteiger partial charge in [0.2, 0.25) is 5.91 Å². The predicted octanol–water partition coefficient (Wildman–Crippen LogP) is 3.91. The molecule has 0 aliphatic heterocycles. The molecular formula is C18H17F2N3OS. The molecule has 0 unspecified atom stereocenters. The third-order valence-electron chi connectivity index (χ3n) is 4.05. The first-order valence-corrected chi connectivity index (χ1v) is 8.47. The number of nitrogens with zero attached hydrogens (tertiary/aromatic N) is 3. The summed E-state index contributed by atoms with van der Waals surface area (Å²) in [6.07, 6.45) is 0. The highest BCUT2D eigenvalue weighted by molar-refractivity contribution is 8.00. The highest BCUT2D eigenvalue weighted by Crippen LogP contribution is 2.27. The second-order valence-electron chi connectivity index (χ2n) is 5.58. The zero-order valence-corrected chi connectivity index (χ0v) is 15.2. The summed E-state index contributed by atoms with van der Waals surface area (Å²) in [7, 11) is 1.42. The lowest BCUT2D eigenvalue weighted by Crippen LogP contribution is -2.28. The van der Waals surface area contributed by atoms with E-state index < -0.39 is 11.6 Å². The van der Waals surface area contributed by atoms with Crippen molar-refractivity contribution in [3.63, 3.8) is 0 Å². The first-order chi connectivity index (χ1) is 11.8. The van der Waals surface area contributed by atoms with E-state index in [9.17, 15) is 18.8 Å². The van der Waals surface area contributed by atoms with E-state index in [1.807, 2.05) is 20.8 Å². The molecule has 0 aliphatic rings. The van der Waals surface area contributed by atoms with Crippen LogP contribution in [0.5, 0.6) is 0 Å². The number of carbonyl (C=O) groups is 1. The van der Waals surface area contributed by atoms with Crippen molar-refractivity contribution in [2.75, 3.05) is 17.7 Å². The average molecular weight is 361 g/mol. The molecule has 7 heteroatoms. The number of carbonyl (C=O) groups excluding carboxylic acids is 1. The number of halogens is 2. The van der Waals surface area contributed by atoms with Gasteiger partial charge in [0.05, 0.1) is 17.0 Å². The Balaban J connectivity index is 2.19. The highest BCUT2D eigenvalue weighted by atomic mass is 32.2. The molecule has 0 fully saturated rings. The van der Waals surface area contributed by atoms with Crippen LogP contribution in [0.3, 0.4) is 0 Å². The van der Waals surface area contributed by atoms with Crippen molar-refractivity contribution in [3.05, 3.63) is 52.2 Å². The van der Waals surface area contributed by atoms with Crippen LogP contribution in [0.1, 0.15) is 22.4 Å². The van der Waals surface area contributed by atoms with Crippen molar-refractivity contribution in [1.29, 1.82) is 5.26 Å². The van der Waals surface area contributed by atoms with Gasteiger partial charge in [-0.15, -0.1) is 0 Å². The summed E-state index contributed by atoms with van der Waals surface area (Å²) in [4.78, 5) is 17.8. The number of hydrogen-bond acceptors (Lipinski definition) is 4. The van der Waals surface area contributed by atoms with Gasteiger partial charge in [-0.3, -0.25) is 4.79 Å². The number of benzene rings is 1. The minimum atomic E-state index is -0.807. The molecule has 130 valence electrons. The number of pyridine rings is 1. The lowest BCUT2D eigenvalue weighted by molar-refractivity contribution is -0.115. The van der Waals surface area contributed by atoms with E-state index in [-0.39, 0.29) is 17.3 Å². The molecule has 2 rings (SSSR count). The molecule has 4 nitrogen and oxygen atoms in total. The number of nitriles is 1. The first-order valence-electron chi connectivity index (χ1n) is 7.48. The number of thioether (sulfide) groups is 1. The van der Waals surface area contributed by atoms with Crippen molar-refractivity contribution in [1.82, 2.24) is 4.98 Å². The molecule has 2 aromatic rings. The molecule has 0 bridgehead atoms. The second kappa shape index (κ2) is 7.62. The van der Waals surface area contributed by atoms with E-state index >= 15 is 0 Å². The van der Waals surface area contributed by atoms with Crippen molar-refractivity contribution in [3.8, 4) is 6.07 Å². The molecule has 1 aromatic carbocycles. The summed E-state index contributed by atoms with van der Waals surface area (Å²) < 4.78 is 26.8. The zero-order chi connectivity index (χ0) is 18.7. The summed E-state index contributed by atoms with van der Waals surface area (Å²) >= 11 is 1.13. The monoisotopic (exact) mass is 361 g/mol. The van der Waals surface area contributed by atoms with Crippen LogP contribution in [0.15, 0.2) is 23.2 Å². The van der Waals surface area contributed by atoms with Gasteiger partial charge >= 0.3 is 0 Å². The maximum absolute atomic E-state index is 13.8. The number of rotatable bonds is 4.